The number of aromatic nitrogens is 2. The summed E-state index contributed by atoms with van der Waals surface area (Å²) in [6.45, 7) is 1.63. The fraction of sp³-hybridized carbons (Fsp3) is 0.765. The Labute approximate surface area is 152 Å². The maximum atomic E-state index is 12.0. The molecule has 0 radical (unpaired) electrons. The second-order valence-corrected chi connectivity index (χ2v) is 9.35. The molecule has 0 bridgehead atoms. The van der Waals surface area contributed by atoms with Crippen molar-refractivity contribution < 1.29 is 9.53 Å². The summed E-state index contributed by atoms with van der Waals surface area (Å²) < 4.78 is 7.60. The van der Waals surface area contributed by atoms with Crippen LogP contribution in [-0.4, -0.2) is 39.4 Å². The number of hydrogen-bond donors (Lipinski definition) is 1. The number of carbonyl (C=O) groups is 1. The van der Waals surface area contributed by atoms with Crippen LogP contribution in [0, 0.1) is 0 Å². The Morgan fingerprint density at radius 1 is 1.38 bits per heavy atom. The molecule has 1 aromatic heterocycles. The van der Waals surface area contributed by atoms with Gasteiger partial charge in [0, 0.05) is 30.2 Å². The molecule has 0 saturated carbocycles. The highest BCUT2D eigenvalue weighted by Crippen LogP contribution is 2.39. The van der Waals surface area contributed by atoms with Gasteiger partial charge in [-0.1, -0.05) is 28.0 Å². The van der Waals surface area contributed by atoms with E-state index in [1.54, 1.807) is 6.20 Å². The molecule has 2 saturated heterocycles. The number of anilines is 1. The average molecular weight is 370 g/mol. The summed E-state index contributed by atoms with van der Waals surface area (Å²) in [5.74, 6) is 1.38. The van der Waals surface area contributed by atoms with E-state index in [0.717, 1.165) is 49.8 Å². The quantitative estimate of drug-likeness (QED) is 0.552. The minimum atomic E-state index is 0.0944. The van der Waals surface area contributed by atoms with Gasteiger partial charge in [0.15, 0.2) is 0 Å². The van der Waals surface area contributed by atoms with Gasteiger partial charge in [0.05, 0.1) is 24.5 Å². The van der Waals surface area contributed by atoms with Crippen LogP contribution in [0.3, 0.4) is 0 Å². The number of amides is 1. The van der Waals surface area contributed by atoms with Crippen LogP contribution >= 0.6 is 21.6 Å². The first kappa shape index (κ1) is 18.1. The Kier molecular flexibility index (Phi) is 7.35. The van der Waals surface area contributed by atoms with Crippen molar-refractivity contribution in [3.8, 4) is 0 Å². The van der Waals surface area contributed by atoms with Crippen LogP contribution in [0.4, 0.5) is 5.69 Å². The van der Waals surface area contributed by atoms with Crippen LogP contribution in [0.1, 0.15) is 51.4 Å². The van der Waals surface area contributed by atoms with Crippen molar-refractivity contribution in [1.82, 2.24) is 9.78 Å². The molecular weight excluding hydrogens is 342 g/mol. The third-order valence-corrected chi connectivity index (χ3v) is 7.50. The molecule has 5 nitrogen and oxygen atoms in total. The van der Waals surface area contributed by atoms with Crippen LogP contribution < -0.4 is 5.32 Å². The van der Waals surface area contributed by atoms with E-state index >= 15 is 0 Å². The zero-order valence-electron chi connectivity index (χ0n) is 14.1. The second kappa shape index (κ2) is 9.73. The molecule has 2 aliphatic heterocycles. The lowest BCUT2D eigenvalue weighted by Gasteiger charge is -2.22. The summed E-state index contributed by atoms with van der Waals surface area (Å²) in [5.41, 5.74) is 0.790. The number of hydrogen-bond acceptors (Lipinski definition) is 5. The SMILES string of the molecule is O=C(CCCC[C@H]1CCSS1)Nc1cnn(C[C@H]2CCCCO2)c1. The Bertz CT molecular complexity index is 512. The van der Waals surface area contributed by atoms with E-state index in [1.807, 2.05) is 32.5 Å². The molecule has 0 aromatic carbocycles. The van der Waals surface area contributed by atoms with Gasteiger partial charge in [-0.2, -0.15) is 5.10 Å². The number of nitrogens with zero attached hydrogens (tertiary/aromatic N) is 2. The van der Waals surface area contributed by atoms with Crippen LogP contribution in [-0.2, 0) is 16.1 Å². The Morgan fingerprint density at radius 3 is 3.12 bits per heavy atom. The smallest absolute Gasteiger partial charge is 0.224 e. The van der Waals surface area contributed by atoms with E-state index in [-0.39, 0.29) is 12.0 Å². The number of ether oxygens (including phenoxy) is 1. The molecule has 0 spiro atoms. The van der Waals surface area contributed by atoms with Gasteiger partial charge in [-0.15, -0.1) is 0 Å². The minimum absolute atomic E-state index is 0.0944. The highest BCUT2D eigenvalue weighted by molar-refractivity contribution is 8.77. The number of nitrogens with one attached hydrogen (secondary N) is 1. The van der Waals surface area contributed by atoms with Crippen molar-refractivity contribution in [1.29, 1.82) is 0 Å². The molecule has 1 N–H and O–H groups in total. The van der Waals surface area contributed by atoms with Gasteiger partial charge in [0.2, 0.25) is 5.91 Å². The number of rotatable bonds is 8. The van der Waals surface area contributed by atoms with Crippen LogP contribution in [0.2, 0.25) is 0 Å². The van der Waals surface area contributed by atoms with Gasteiger partial charge in [-0.05, 0) is 38.5 Å². The van der Waals surface area contributed by atoms with E-state index in [2.05, 4.69) is 10.4 Å². The maximum absolute atomic E-state index is 12.0. The van der Waals surface area contributed by atoms with Crippen molar-refractivity contribution in [2.24, 2.45) is 0 Å². The predicted octanol–water partition coefficient (Wildman–Crippen LogP) is 4.10. The fourth-order valence-electron chi connectivity index (χ4n) is 3.13. The lowest BCUT2D eigenvalue weighted by Crippen LogP contribution is -2.24. The van der Waals surface area contributed by atoms with E-state index in [9.17, 15) is 4.79 Å². The van der Waals surface area contributed by atoms with E-state index in [0.29, 0.717) is 6.42 Å². The second-order valence-electron chi connectivity index (χ2n) is 6.56. The van der Waals surface area contributed by atoms with E-state index < -0.39 is 0 Å². The zero-order chi connectivity index (χ0) is 16.6. The molecule has 1 aromatic rings. The lowest BCUT2D eigenvalue weighted by atomic mass is 10.1. The molecular formula is C17H27N3O2S2. The molecule has 3 heterocycles. The van der Waals surface area contributed by atoms with Gasteiger partial charge < -0.3 is 10.1 Å². The predicted molar refractivity (Wildman–Crippen MR) is 101 cm³/mol. The van der Waals surface area contributed by atoms with Crippen LogP contribution in [0.25, 0.3) is 0 Å². The largest absolute Gasteiger partial charge is 0.376 e. The van der Waals surface area contributed by atoms with Crippen molar-refractivity contribution >= 4 is 33.2 Å². The van der Waals surface area contributed by atoms with E-state index in [4.69, 9.17) is 4.74 Å². The van der Waals surface area contributed by atoms with Gasteiger partial charge in [-0.25, -0.2) is 0 Å². The summed E-state index contributed by atoms with van der Waals surface area (Å²) in [5, 5.41) is 8.09. The molecule has 0 aliphatic carbocycles. The van der Waals surface area contributed by atoms with Crippen LogP contribution in [0.15, 0.2) is 12.4 Å². The lowest BCUT2D eigenvalue weighted by molar-refractivity contribution is -0.116. The molecule has 1 amide bonds. The van der Waals surface area contributed by atoms with Gasteiger partial charge in [0.25, 0.3) is 0 Å². The summed E-state index contributed by atoms with van der Waals surface area (Å²) in [7, 11) is 4.00. The summed E-state index contributed by atoms with van der Waals surface area (Å²) in [6, 6.07) is 0. The monoisotopic (exact) mass is 369 g/mol. The minimum Gasteiger partial charge on any atom is -0.376 e. The molecule has 2 fully saturated rings. The number of unbranched alkanes of at least 4 members (excludes halogenated alkanes) is 1. The number of carbonyl (C=O) groups excluding carboxylic acids is 1. The fourth-order valence-corrected chi connectivity index (χ4v) is 6.16. The summed E-state index contributed by atoms with van der Waals surface area (Å²) in [4.78, 5) is 12.0. The average Bonchev–Trinajstić information content (AvgIpc) is 3.25. The Balaban J connectivity index is 1.32. The van der Waals surface area contributed by atoms with Crippen molar-refractivity contribution in [3.05, 3.63) is 12.4 Å². The highest BCUT2D eigenvalue weighted by Gasteiger charge is 2.16. The first-order chi connectivity index (χ1) is 11.8. The topological polar surface area (TPSA) is 56.2 Å². The zero-order valence-corrected chi connectivity index (χ0v) is 15.7. The van der Waals surface area contributed by atoms with Gasteiger partial charge in [0.1, 0.15) is 0 Å². The molecule has 7 heteroatoms. The van der Waals surface area contributed by atoms with Crippen molar-refractivity contribution in [2.75, 3.05) is 17.7 Å². The highest BCUT2D eigenvalue weighted by atomic mass is 33.1. The van der Waals surface area contributed by atoms with Gasteiger partial charge in [-0.3, -0.25) is 9.48 Å². The third kappa shape index (κ3) is 6.01. The summed E-state index contributed by atoms with van der Waals surface area (Å²) in [6.07, 6.45) is 12.7. The Hall–Kier alpha value is -0.660. The van der Waals surface area contributed by atoms with Crippen LogP contribution in [0.5, 0.6) is 0 Å². The van der Waals surface area contributed by atoms with E-state index in [1.165, 1.54) is 25.0 Å². The maximum Gasteiger partial charge on any atom is 0.224 e. The van der Waals surface area contributed by atoms with Gasteiger partial charge >= 0.3 is 0 Å². The molecule has 3 rings (SSSR count). The standard InChI is InChI=1S/C17H27N3O2S2/c21-17(7-2-1-6-16-8-10-23-24-16)19-14-11-18-20(12-14)13-15-5-3-4-9-22-15/h11-12,15-16H,1-10,13H2,(H,19,21)/t15-,16+/m1/s1. The molecule has 24 heavy (non-hydrogen) atoms. The molecule has 0 unspecified atom stereocenters. The van der Waals surface area contributed by atoms with Crippen molar-refractivity contribution in [2.45, 2.75) is 69.3 Å². The Morgan fingerprint density at radius 2 is 2.33 bits per heavy atom. The normalized spacial score (nSPS) is 24.2. The molecule has 134 valence electrons. The van der Waals surface area contributed by atoms with Crippen molar-refractivity contribution in [3.63, 3.8) is 0 Å². The molecule has 2 aliphatic rings. The summed E-state index contributed by atoms with van der Waals surface area (Å²) >= 11 is 0. The first-order valence-corrected chi connectivity index (χ1v) is 11.4. The molecule has 2 atom stereocenters. The first-order valence-electron chi connectivity index (χ1n) is 9.02. The third-order valence-electron chi connectivity index (χ3n) is 4.49.